The molecule has 0 atom stereocenters. The first-order valence-corrected chi connectivity index (χ1v) is 9.58. The van der Waals surface area contributed by atoms with Crippen molar-refractivity contribution in [1.29, 1.82) is 0 Å². The molecule has 10 nitrogen and oxygen atoms in total. The summed E-state index contributed by atoms with van der Waals surface area (Å²) in [6, 6.07) is 4.68. The maximum absolute atomic E-state index is 12.2. The monoisotopic (exact) mass is 446 g/mol. The number of nitro benzene ring substituents is 1. The first-order chi connectivity index (χ1) is 12.2. The topological polar surface area (TPSA) is 133 Å². The Bertz CT molecular complexity index is 956. The largest absolute Gasteiger partial charge is 0.442 e. The lowest BCUT2D eigenvalue weighted by molar-refractivity contribution is -0.387. The number of rotatable bonds is 6. The van der Waals surface area contributed by atoms with Gasteiger partial charge in [-0.15, -0.1) is 0 Å². The number of ether oxygens (including phenoxy) is 1. The molecule has 0 aliphatic heterocycles. The Balaban J connectivity index is 2.12. The van der Waals surface area contributed by atoms with Gasteiger partial charge in [0.25, 0.3) is 15.7 Å². The molecule has 2 rings (SSSR count). The van der Waals surface area contributed by atoms with E-state index in [1.165, 1.54) is 12.1 Å². The highest BCUT2D eigenvalue weighted by Gasteiger charge is 2.27. The van der Waals surface area contributed by atoms with Crippen molar-refractivity contribution in [1.82, 2.24) is 14.5 Å². The van der Waals surface area contributed by atoms with Crippen molar-refractivity contribution in [3.05, 3.63) is 50.2 Å². The van der Waals surface area contributed by atoms with Gasteiger partial charge in [-0.25, -0.2) is 17.9 Å². The second-order valence-corrected chi connectivity index (χ2v) is 7.53. The minimum absolute atomic E-state index is 0.271. The van der Waals surface area contributed by atoms with Gasteiger partial charge in [-0.3, -0.25) is 14.8 Å². The molecule has 0 saturated heterocycles. The highest BCUT2D eigenvalue weighted by atomic mass is 79.9. The molecule has 1 N–H and O–H groups in total. The Kier molecular flexibility index (Phi) is 5.97. The van der Waals surface area contributed by atoms with Gasteiger partial charge >= 0.3 is 6.09 Å². The van der Waals surface area contributed by atoms with Crippen LogP contribution in [0, 0.1) is 10.1 Å². The van der Waals surface area contributed by atoms with E-state index in [0.29, 0.717) is 16.6 Å². The SMILES string of the molecule is CCc1c(Br)c(COC(=O)NS(=O)(=O)c2ccccc2[N+](=O)[O-])nn1C. The molecule has 0 spiro atoms. The van der Waals surface area contributed by atoms with Crippen LogP contribution in [-0.4, -0.2) is 29.2 Å². The Morgan fingerprint density at radius 2 is 2.08 bits per heavy atom. The standard InChI is InChI=1S/C14H15BrN4O6S/c1-3-10-13(15)9(16-18(10)2)8-25-14(20)17-26(23,24)12-7-5-4-6-11(12)19(21)22/h4-7H,3,8H2,1-2H3,(H,17,20). The molecule has 26 heavy (non-hydrogen) atoms. The highest BCUT2D eigenvalue weighted by molar-refractivity contribution is 9.10. The number of halogens is 1. The smallest absolute Gasteiger partial charge is 0.421 e. The summed E-state index contributed by atoms with van der Waals surface area (Å²) >= 11 is 3.35. The van der Waals surface area contributed by atoms with Crippen molar-refractivity contribution in [2.75, 3.05) is 0 Å². The molecule has 140 valence electrons. The van der Waals surface area contributed by atoms with Crippen LogP contribution in [0.1, 0.15) is 18.3 Å². The van der Waals surface area contributed by atoms with Crippen molar-refractivity contribution in [3.8, 4) is 0 Å². The van der Waals surface area contributed by atoms with Gasteiger partial charge in [0.15, 0.2) is 4.90 Å². The molecule has 0 unspecified atom stereocenters. The molecule has 0 bridgehead atoms. The molecule has 1 aromatic heterocycles. The van der Waals surface area contributed by atoms with Crippen LogP contribution in [0.25, 0.3) is 0 Å². The fourth-order valence-corrected chi connectivity index (χ4v) is 4.03. The summed E-state index contributed by atoms with van der Waals surface area (Å²) in [5, 5.41) is 15.1. The van der Waals surface area contributed by atoms with Crippen LogP contribution < -0.4 is 4.72 Å². The summed E-state index contributed by atoms with van der Waals surface area (Å²) in [6.07, 6.45) is -0.568. The molecule has 1 amide bonds. The summed E-state index contributed by atoms with van der Waals surface area (Å²) in [5.41, 5.74) is 0.659. The van der Waals surface area contributed by atoms with Gasteiger partial charge in [0.2, 0.25) is 0 Å². The number of amides is 1. The zero-order valence-electron chi connectivity index (χ0n) is 13.8. The number of aryl methyl sites for hydroxylation is 1. The van der Waals surface area contributed by atoms with E-state index in [-0.39, 0.29) is 6.61 Å². The van der Waals surface area contributed by atoms with Crippen LogP contribution in [0.2, 0.25) is 0 Å². The summed E-state index contributed by atoms with van der Waals surface area (Å²) < 4.78 is 33.2. The maximum atomic E-state index is 12.2. The Labute approximate surface area is 157 Å². The number of hydrogen-bond acceptors (Lipinski definition) is 7. The van der Waals surface area contributed by atoms with E-state index >= 15 is 0 Å². The molecule has 0 saturated carbocycles. The van der Waals surface area contributed by atoms with Crippen molar-refractivity contribution >= 4 is 37.7 Å². The third kappa shape index (κ3) is 4.19. The number of aromatic nitrogens is 2. The number of carbonyl (C=O) groups is 1. The molecule has 0 fully saturated rings. The number of nitrogens with one attached hydrogen (secondary N) is 1. The van der Waals surface area contributed by atoms with Gasteiger partial charge in [0, 0.05) is 13.1 Å². The number of sulfonamides is 1. The number of para-hydroxylation sites is 1. The summed E-state index contributed by atoms with van der Waals surface area (Å²) in [6.45, 7) is 1.66. The van der Waals surface area contributed by atoms with Gasteiger partial charge in [0.05, 0.1) is 15.1 Å². The molecule has 0 aliphatic carbocycles. The first kappa shape index (κ1) is 19.8. The molecule has 12 heteroatoms. The third-order valence-corrected chi connectivity index (χ3v) is 5.69. The molecule has 1 heterocycles. The van der Waals surface area contributed by atoms with Gasteiger partial charge in [0.1, 0.15) is 12.3 Å². The molecular weight excluding hydrogens is 432 g/mol. The lowest BCUT2D eigenvalue weighted by Crippen LogP contribution is -2.31. The van der Waals surface area contributed by atoms with Crippen molar-refractivity contribution in [3.63, 3.8) is 0 Å². The van der Waals surface area contributed by atoms with Crippen LogP contribution in [0.5, 0.6) is 0 Å². The van der Waals surface area contributed by atoms with E-state index in [4.69, 9.17) is 4.74 Å². The number of carbonyl (C=O) groups excluding carboxylic acids is 1. The molecule has 0 radical (unpaired) electrons. The van der Waals surface area contributed by atoms with Crippen LogP contribution in [0.15, 0.2) is 33.6 Å². The fourth-order valence-electron chi connectivity index (χ4n) is 2.23. The molecule has 2 aromatic rings. The number of nitrogens with zero attached hydrogens (tertiary/aromatic N) is 3. The summed E-state index contributed by atoms with van der Waals surface area (Å²) in [4.78, 5) is 21.3. The van der Waals surface area contributed by atoms with E-state index in [0.717, 1.165) is 17.8 Å². The second kappa shape index (κ2) is 7.83. The van der Waals surface area contributed by atoms with Gasteiger partial charge < -0.3 is 4.74 Å². The van der Waals surface area contributed by atoms with E-state index in [1.807, 2.05) is 6.92 Å². The third-order valence-electron chi connectivity index (χ3n) is 3.41. The Morgan fingerprint density at radius 1 is 1.42 bits per heavy atom. The fraction of sp³-hybridized carbons (Fsp3) is 0.286. The van der Waals surface area contributed by atoms with E-state index in [2.05, 4.69) is 21.0 Å². The van der Waals surface area contributed by atoms with Crippen LogP contribution >= 0.6 is 15.9 Å². The van der Waals surface area contributed by atoms with Crippen molar-refractivity contribution < 1.29 is 22.9 Å². The molecule has 0 aliphatic rings. The normalized spacial score (nSPS) is 11.2. The molecular formula is C14H15BrN4O6S. The Morgan fingerprint density at radius 3 is 2.65 bits per heavy atom. The predicted molar refractivity (Wildman–Crippen MR) is 93.9 cm³/mol. The van der Waals surface area contributed by atoms with E-state index < -0.39 is 31.6 Å². The minimum Gasteiger partial charge on any atom is -0.442 e. The predicted octanol–water partition coefficient (Wildman–Crippen LogP) is 2.27. The van der Waals surface area contributed by atoms with Crippen molar-refractivity contribution in [2.45, 2.75) is 24.8 Å². The van der Waals surface area contributed by atoms with Gasteiger partial charge in [-0.05, 0) is 28.4 Å². The van der Waals surface area contributed by atoms with E-state index in [9.17, 15) is 23.3 Å². The quantitative estimate of drug-likeness (QED) is 0.530. The molecule has 1 aromatic carbocycles. The Hall–Kier alpha value is -2.47. The zero-order valence-corrected chi connectivity index (χ0v) is 16.2. The van der Waals surface area contributed by atoms with E-state index in [1.54, 1.807) is 16.5 Å². The number of hydrogen-bond donors (Lipinski definition) is 1. The lowest BCUT2D eigenvalue weighted by Gasteiger charge is -2.07. The number of nitro groups is 1. The average Bonchev–Trinajstić information content (AvgIpc) is 2.85. The minimum atomic E-state index is -4.46. The lowest BCUT2D eigenvalue weighted by atomic mass is 10.3. The summed E-state index contributed by atoms with van der Waals surface area (Å²) in [5.74, 6) is 0. The first-order valence-electron chi connectivity index (χ1n) is 7.30. The van der Waals surface area contributed by atoms with Crippen LogP contribution in [-0.2, 0) is 34.8 Å². The van der Waals surface area contributed by atoms with Crippen LogP contribution in [0.3, 0.4) is 0 Å². The van der Waals surface area contributed by atoms with Gasteiger partial charge in [-0.2, -0.15) is 5.10 Å². The van der Waals surface area contributed by atoms with Crippen LogP contribution in [0.4, 0.5) is 10.5 Å². The zero-order chi connectivity index (χ0) is 19.5. The number of benzene rings is 1. The second-order valence-electron chi connectivity index (χ2n) is 5.09. The maximum Gasteiger partial charge on any atom is 0.421 e. The van der Waals surface area contributed by atoms with Gasteiger partial charge in [-0.1, -0.05) is 19.1 Å². The van der Waals surface area contributed by atoms with Crippen molar-refractivity contribution in [2.24, 2.45) is 7.05 Å². The highest BCUT2D eigenvalue weighted by Crippen LogP contribution is 2.24. The average molecular weight is 447 g/mol. The summed E-state index contributed by atoms with van der Waals surface area (Å²) in [7, 11) is -2.73.